The number of aromatic nitrogens is 2. The summed E-state index contributed by atoms with van der Waals surface area (Å²) in [6.07, 6.45) is 1.52. The first-order chi connectivity index (χ1) is 10.9. The first-order valence-electron chi connectivity index (χ1n) is 6.64. The predicted molar refractivity (Wildman–Crippen MR) is 91.5 cm³/mol. The van der Waals surface area contributed by atoms with Gasteiger partial charge in [-0.25, -0.2) is 9.97 Å². The first-order valence-corrected chi connectivity index (χ1v) is 7.42. The number of nitrogens with one attached hydrogen (secondary N) is 1. The van der Waals surface area contributed by atoms with Crippen LogP contribution in [0.5, 0.6) is 0 Å². The van der Waals surface area contributed by atoms with Crippen LogP contribution >= 0.6 is 23.8 Å². The minimum absolute atomic E-state index is 0.165. The fourth-order valence-electron chi connectivity index (χ4n) is 1.81. The number of nitrogens with zero attached hydrogens (tertiary/aromatic N) is 3. The Hall–Kier alpha value is -2.32. The van der Waals surface area contributed by atoms with Crippen LogP contribution in [0.4, 0.5) is 17.2 Å². The molecule has 0 aliphatic rings. The van der Waals surface area contributed by atoms with Crippen molar-refractivity contribution in [3.05, 3.63) is 50.9 Å². The van der Waals surface area contributed by atoms with E-state index in [1.54, 1.807) is 19.9 Å². The summed E-state index contributed by atoms with van der Waals surface area (Å²) in [4.78, 5) is 19.0. The van der Waals surface area contributed by atoms with Gasteiger partial charge in [-0.05, 0) is 38.2 Å². The Labute approximate surface area is 142 Å². The van der Waals surface area contributed by atoms with Crippen LogP contribution in [-0.4, -0.2) is 26.5 Å². The summed E-state index contributed by atoms with van der Waals surface area (Å²) in [5.74, 6) is 0.827. The molecule has 0 radical (unpaired) electrons. The Balaban J connectivity index is 2.46. The van der Waals surface area contributed by atoms with Crippen LogP contribution in [0.2, 0.25) is 5.02 Å². The normalized spacial score (nSPS) is 10.2. The third-order valence-corrected chi connectivity index (χ3v) is 3.39. The molecular weight excluding hydrogens is 340 g/mol. The van der Waals surface area contributed by atoms with E-state index in [-0.39, 0.29) is 21.4 Å². The average molecular weight is 353 g/mol. The van der Waals surface area contributed by atoms with Crippen molar-refractivity contribution in [1.82, 2.24) is 9.97 Å². The molecule has 1 heterocycles. The van der Waals surface area contributed by atoms with Crippen LogP contribution in [0.3, 0.4) is 0 Å². The van der Waals surface area contributed by atoms with Crippen LogP contribution in [-0.2, 0) is 4.74 Å². The Morgan fingerprint density at radius 3 is 2.91 bits per heavy atom. The summed E-state index contributed by atoms with van der Waals surface area (Å²) in [7, 11) is 0. The van der Waals surface area contributed by atoms with Crippen LogP contribution in [0.1, 0.15) is 18.3 Å². The van der Waals surface area contributed by atoms with Crippen molar-refractivity contribution >= 4 is 46.1 Å². The van der Waals surface area contributed by atoms with E-state index in [1.165, 1.54) is 18.3 Å². The van der Waals surface area contributed by atoms with Gasteiger partial charge in [0.05, 0.1) is 17.1 Å². The second kappa shape index (κ2) is 7.30. The van der Waals surface area contributed by atoms with Gasteiger partial charge >= 0.3 is 0 Å². The van der Waals surface area contributed by atoms with Crippen molar-refractivity contribution < 1.29 is 9.66 Å². The molecular formula is C14H13ClN4O3S. The maximum absolute atomic E-state index is 11.2. The number of hydrogen-bond donors (Lipinski definition) is 1. The third-order valence-electron chi connectivity index (χ3n) is 2.81. The van der Waals surface area contributed by atoms with Crippen LogP contribution < -0.4 is 5.32 Å². The highest BCUT2D eigenvalue weighted by Crippen LogP contribution is 2.31. The van der Waals surface area contributed by atoms with E-state index in [9.17, 15) is 10.1 Å². The van der Waals surface area contributed by atoms with Crippen LogP contribution in [0, 0.1) is 17.0 Å². The molecule has 0 aliphatic carbocycles. The molecule has 2 aromatic rings. The third kappa shape index (κ3) is 4.11. The molecule has 1 aromatic heterocycles. The van der Waals surface area contributed by atoms with Gasteiger partial charge in [0.2, 0.25) is 0 Å². The zero-order chi connectivity index (χ0) is 17.0. The van der Waals surface area contributed by atoms with E-state index in [4.69, 9.17) is 28.6 Å². The molecule has 1 N–H and O–H groups in total. The Kier molecular flexibility index (Phi) is 5.41. The van der Waals surface area contributed by atoms with Gasteiger partial charge in [0.25, 0.3) is 5.69 Å². The summed E-state index contributed by atoms with van der Waals surface area (Å²) in [5, 5.41) is 14.6. The van der Waals surface area contributed by atoms with Crippen LogP contribution in [0.15, 0.2) is 24.4 Å². The molecule has 23 heavy (non-hydrogen) atoms. The fourth-order valence-corrected chi connectivity index (χ4v) is 2.25. The van der Waals surface area contributed by atoms with Crippen molar-refractivity contribution in [1.29, 1.82) is 0 Å². The van der Waals surface area contributed by atoms with Crippen molar-refractivity contribution in [2.75, 3.05) is 11.9 Å². The number of ether oxygens (including phenoxy) is 1. The molecule has 0 unspecified atom stereocenters. The molecule has 0 fully saturated rings. The van der Waals surface area contributed by atoms with Gasteiger partial charge in [0.15, 0.2) is 5.05 Å². The van der Waals surface area contributed by atoms with Gasteiger partial charge in [0.1, 0.15) is 17.3 Å². The minimum Gasteiger partial charge on any atom is -0.483 e. The maximum Gasteiger partial charge on any atom is 0.294 e. The lowest BCUT2D eigenvalue weighted by Gasteiger charge is -2.12. The van der Waals surface area contributed by atoms with Crippen molar-refractivity contribution in [3.63, 3.8) is 0 Å². The highest BCUT2D eigenvalue weighted by atomic mass is 35.5. The molecule has 0 atom stereocenters. The smallest absolute Gasteiger partial charge is 0.294 e. The summed E-state index contributed by atoms with van der Waals surface area (Å²) < 4.78 is 5.30. The first kappa shape index (κ1) is 17.0. The second-order valence-electron chi connectivity index (χ2n) is 4.44. The summed E-state index contributed by atoms with van der Waals surface area (Å²) in [6, 6.07) is 4.31. The van der Waals surface area contributed by atoms with E-state index in [2.05, 4.69) is 15.3 Å². The molecule has 0 aliphatic heterocycles. The highest BCUT2D eigenvalue weighted by molar-refractivity contribution is 7.80. The molecule has 0 saturated heterocycles. The fraction of sp³-hybridized carbons (Fsp3) is 0.214. The lowest BCUT2D eigenvalue weighted by Crippen LogP contribution is -2.10. The predicted octanol–water partition coefficient (Wildman–Crippen LogP) is 3.80. The van der Waals surface area contributed by atoms with Gasteiger partial charge in [-0.15, -0.1) is 0 Å². The number of benzene rings is 1. The molecule has 0 saturated carbocycles. The molecule has 120 valence electrons. The Morgan fingerprint density at radius 2 is 2.26 bits per heavy atom. The lowest BCUT2D eigenvalue weighted by atomic mass is 10.2. The van der Waals surface area contributed by atoms with E-state index in [0.29, 0.717) is 23.8 Å². The monoisotopic (exact) mass is 352 g/mol. The number of nitro benzene ring substituents is 1. The Morgan fingerprint density at radius 1 is 1.52 bits per heavy atom. The summed E-state index contributed by atoms with van der Waals surface area (Å²) >= 11 is 11.0. The van der Waals surface area contributed by atoms with Crippen LogP contribution in [0.25, 0.3) is 0 Å². The number of hydrogen-bond acceptors (Lipinski definition) is 7. The zero-order valence-corrected chi connectivity index (χ0v) is 13.9. The van der Waals surface area contributed by atoms with Gasteiger partial charge in [-0.3, -0.25) is 10.1 Å². The second-order valence-corrected chi connectivity index (χ2v) is 5.25. The van der Waals surface area contributed by atoms with E-state index in [1.807, 2.05) is 0 Å². The number of thiocarbonyl (C=S) groups is 1. The van der Waals surface area contributed by atoms with Gasteiger partial charge in [-0.2, -0.15) is 0 Å². The van der Waals surface area contributed by atoms with Gasteiger partial charge in [-0.1, -0.05) is 11.6 Å². The van der Waals surface area contributed by atoms with Gasteiger partial charge < -0.3 is 10.1 Å². The minimum atomic E-state index is -0.525. The molecule has 2 rings (SSSR count). The number of rotatable bonds is 5. The van der Waals surface area contributed by atoms with Crippen molar-refractivity contribution in [3.8, 4) is 0 Å². The molecule has 0 amide bonds. The number of halogens is 1. The molecule has 1 aromatic carbocycles. The van der Waals surface area contributed by atoms with E-state index < -0.39 is 4.92 Å². The Bertz CT molecular complexity index is 770. The summed E-state index contributed by atoms with van der Waals surface area (Å²) in [5.41, 5.74) is 0.539. The quantitative estimate of drug-likeness (QED) is 0.497. The van der Waals surface area contributed by atoms with E-state index >= 15 is 0 Å². The average Bonchev–Trinajstić information content (AvgIpc) is 2.49. The lowest BCUT2D eigenvalue weighted by molar-refractivity contribution is -0.383. The largest absolute Gasteiger partial charge is 0.483 e. The maximum atomic E-state index is 11.2. The summed E-state index contributed by atoms with van der Waals surface area (Å²) in [6.45, 7) is 3.90. The molecule has 7 nitrogen and oxygen atoms in total. The molecule has 0 bridgehead atoms. The number of aryl methyl sites for hydroxylation is 1. The number of nitro groups is 1. The van der Waals surface area contributed by atoms with E-state index in [0.717, 1.165) is 0 Å². The van der Waals surface area contributed by atoms with Gasteiger partial charge in [0, 0.05) is 17.3 Å². The highest BCUT2D eigenvalue weighted by Gasteiger charge is 2.18. The standard InChI is InChI=1S/C14H13ClN4O3S/c1-3-22-14(23)10-7-16-8(2)17-13(10)18-11-5-4-9(15)6-12(11)19(20)21/h4-7H,3H2,1-2H3,(H,16,17,18). The molecule has 0 spiro atoms. The van der Waals surface area contributed by atoms with Crippen molar-refractivity contribution in [2.45, 2.75) is 13.8 Å². The van der Waals surface area contributed by atoms with Crippen molar-refractivity contribution in [2.24, 2.45) is 0 Å². The number of anilines is 2. The topological polar surface area (TPSA) is 90.2 Å². The SMILES string of the molecule is CCOC(=S)c1cnc(C)nc1Nc1ccc(Cl)cc1[N+](=O)[O-]. The zero-order valence-electron chi connectivity index (χ0n) is 12.4. The molecule has 9 heteroatoms.